The zero-order valence-corrected chi connectivity index (χ0v) is 11.3. The first kappa shape index (κ1) is 13.0. The Morgan fingerprint density at radius 3 is 2.39 bits per heavy atom. The van der Waals surface area contributed by atoms with Crippen LogP contribution in [0.1, 0.15) is 26.3 Å². The van der Waals surface area contributed by atoms with Gasteiger partial charge < -0.3 is 9.64 Å². The van der Waals surface area contributed by atoms with Crippen LogP contribution in [0.4, 0.5) is 11.4 Å². The SMILES string of the molecule is CC(C)(C)c1cc(N=O)cc(N2CCOCC2)c1. The lowest BCUT2D eigenvalue weighted by Gasteiger charge is -2.30. The van der Waals surface area contributed by atoms with Crippen molar-refractivity contribution in [2.75, 3.05) is 31.2 Å². The van der Waals surface area contributed by atoms with E-state index in [2.05, 4.69) is 36.9 Å². The Hall–Kier alpha value is -1.42. The number of nitrogens with zero attached hydrogens (tertiary/aromatic N) is 2. The fourth-order valence-corrected chi connectivity index (χ4v) is 2.09. The summed E-state index contributed by atoms with van der Waals surface area (Å²) in [7, 11) is 0. The predicted molar refractivity (Wildman–Crippen MR) is 73.6 cm³/mol. The summed E-state index contributed by atoms with van der Waals surface area (Å²) in [6.07, 6.45) is 0. The highest BCUT2D eigenvalue weighted by molar-refractivity contribution is 5.59. The van der Waals surface area contributed by atoms with Gasteiger partial charge in [0.15, 0.2) is 0 Å². The number of morpholine rings is 1. The number of anilines is 1. The van der Waals surface area contributed by atoms with E-state index in [4.69, 9.17) is 4.74 Å². The Bertz CT molecular complexity index is 432. The standard InChI is InChI=1S/C14H20N2O2/c1-14(2,3)11-8-12(15-17)10-13(9-11)16-4-6-18-7-5-16/h8-10H,4-7H2,1-3H3. The van der Waals surface area contributed by atoms with E-state index in [0.717, 1.165) is 37.6 Å². The lowest BCUT2D eigenvalue weighted by Crippen LogP contribution is -2.36. The summed E-state index contributed by atoms with van der Waals surface area (Å²) in [6.45, 7) is 9.63. The Balaban J connectivity index is 2.37. The maximum absolute atomic E-state index is 10.8. The van der Waals surface area contributed by atoms with Crippen LogP contribution in [0.15, 0.2) is 23.4 Å². The Labute approximate surface area is 108 Å². The molecular formula is C14H20N2O2. The molecule has 1 aromatic carbocycles. The van der Waals surface area contributed by atoms with Gasteiger partial charge in [-0.15, -0.1) is 4.91 Å². The van der Waals surface area contributed by atoms with E-state index in [1.807, 2.05) is 12.1 Å². The zero-order valence-electron chi connectivity index (χ0n) is 11.3. The van der Waals surface area contributed by atoms with Crippen LogP contribution in [0.3, 0.4) is 0 Å². The first-order valence-electron chi connectivity index (χ1n) is 6.32. The molecule has 1 heterocycles. The maximum atomic E-state index is 10.8. The van der Waals surface area contributed by atoms with Gasteiger partial charge >= 0.3 is 0 Å². The second kappa shape index (κ2) is 5.06. The normalized spacial score (nSPS) is 16.7. The van der Waals surface area contributed by atoms with Crippen LogP contribution in [-0.4, -0.2) is 26.3 Å². The third-order valence-corrected chi connectivity index (χ3v) is 3.25. The van der Waals surface area contributed by atoms with Crippen molar-refractivity contribution in [1.29, 1.82) is 0 Å². The topological polar surface area (TPSA) is 41.9 Å². The van der Waals surface area contributed by atoms with Gasteiger partial charge in [0.25, 0.3) is 0 Å². The smallest absolute Gasteiger partial charge is 0.110 e. The molecule has 0 amide bonds. The van der Waals surface area contributed by atoms with Gasteiger partial charge in [-0.3, -0.25) is 0 Å². The van der Waals surface area contributed by atoms with E-state index >= 15 is 0 Å². The molecule has 0 spiro atoms. The van der Waals surface area contributed by atoms with E-state index in [-0.39, 0.29) is 5.41 Å². The van der Waals surface area contributed by atoms with Crippen LogP contribution in [-0.2, 0) is 10.2 Å². The van der Waals surface area contributed by atoms with Gasteiger partial charge in [-0.25, -0.2) is 0 Å². The number of nitroso groups, excluding NO2 is 1. The minimum absolute atomic E-state index is 0.0156. The van der Waals surface area contributed by atoms with Crippen molar-refractivity contribution >= 4 is 11.4 Å². The number of benzene rings is 1. The molecule has 0 atom stereocenters. The lowest BCUT2D eigenvalue weighted by molar-refractivity contribution is 0.122. The highest BCUT2D eigenvalue weighted by Gasteiger charge is 2.18. The molecule has 1 aliphatic rings. The molecular weight excluding hydrogens is 228 g/mol. The molecule has 0 bridgehead atoms. The van der Waals surface area contributed by atoms with Crippen molar-refractivity contribution in [3.05, 3.63) is 28.7 Å². The summed E-state index contributed by atoms with van der Waals surface area (Å²) in [4.78, 5) is 13.1. The highest BCUT2D eigenvalue weighted by atomic mass is 16.5. The fourth-order valence-electron chi connectivity index (χ4n) is 2.09. The highest BCUT2D eigenvalue weighted by Crippen LogP contribution is 2.31. The second-order valence-electron chi connectivity index (χ2n) is 5.68. The summed E-state index contributed by atoms with van der Waals surface area (Å²) < 4.78 is 5.35. The Morgan fingerprint density at radius 1 is 1.17 bits per heavy atom. The van der Waals surface area contributed by atoms with Crippen molar-refractivity contribution in [3.63, 3.8) is 0 Å². The van der Waals surface area contributed by atoms with E-state index in [9.17, 15) is 4.91 Å². The van der Waals surface area contributed by atoms with Crippen molar-refractivity contribution in [1.82, 2.24) is 0 Å². The molecule has 0 aliphatic carbocycles. The fraction of sp³-hybridized carbons (Fsp3) is 0.571. The molecule has 1 saturated heterocycles. The molecule has 2 rings (SSSR count). The number of hydrogen-bond acceptors (Lipinski definition) is 4. The van der Waals surface area contributed by atoms with E-state index in [0.29, 0.717) is 5.69 Å². The second-order valence-corrected chi connectivity index (χ2v) is 5.68. The monoisotopic (exact) mass is 248 g/mol. The van der Waals surface area contributed by atoms with Gasteiger partial charge in [0.2, 0.25) is 0 Å². The van der Waals surface area contributed by atoms with Gasteiger partial charge in [-0.05, 0) is 34.4 Å². The van der Waals surface area contributed by atoms with Gasteiger partial charge in [0.05, 0.1) is 13.2 Å². The molecule has 4 nitrogen and oxygen atoms in total. The summed E-state index contributed by atoms with van der Waals surface area (Å²) in [6, 6.07) is 5.88. The average Bonchev–Trinajstić information content (AvgIpc) is 2.38. The lowest BCUT2D eigenvalue weighted by atomic mass is 9.86. The van der Waals surface area contributed by atoms with Crippen molar-refractivity contribution in [3.8, 4) is 0 Å². The summed E-state index contributed by atoms with van der Waals surface area (Å²) in [5.74, 6) is 0. The largest absolute Gasteiger partial charge is 0.378 e. The Morgan fingerprint density at radius 2 is 1.83 bits per heavy atom. The molecule has 0 radical (unpaired) electrons. The molecule has 0 unspecified atom stereocenters. The molecule has 4 heteroatoms. The minimum atomic E-state index is 0.0156. The summed E-state index contributed by atoms with van der Waals surface area (Å²) in [5.41, 5.74) is 2.73. The van der Waals surface area contributed by atoms with E-state index in [1.165, 1.54) is 0 Å². The van der Waals surface area contributed by atoms with Crippen molar-refractivity contribution < 1.29 is 4.74 Å². The predicted octanol–water partition coefficient (Wildman–Crippen LogP) is 3.22. The van der Waals surface area contributed by atoms with Gasteiger partial charge in [0, 0.05) is 18.8 Å². The summed E-state index contributed by atoms with van der Waals surface area (Å²) in [5, 5.41) is 3.09. The summed E-state index contributed by atoms with van der Waals surface area (Å²) >= 11 is 0. The third kappa shape index (κ3) is 2.88. The van der Waals surface area contributed by atoms with Crippen LogP contribution < -0.4 is 4.90 Å². The molecule has 1 fully saturated rings. The van der Waals surface area contributed by atoms with Gasteiger partial charge in [0.1, 0.15) is 5.69 Å². The number of hydrogen-bond donors (Lipinski definition) is 0. The van der Waals surface area contributed by atoms with Gasteiger partial charge in [-0.1, -0.05) is 20.8 Å². The molecule has 0 aromatic heterocycles. The first-order valence-corrected chi connectivity index (χ1v) is 6.32. The van der Waals surface area contributed by atoms with E-state index in [1.54, 1.807) is 0 Å². The quantitative estimate of drug-likeness (QED) is 0.755. The number of ether oxygens (including phenoxy) is 1. The average molecular weight is 248 g/mol. The van der Waals surface area contributed by atoms with Crippen LogP contribution >= 0.6 is 0 Å². The number of rotatable bonds is 2. The Kier molecular flexibility index (Phi) is 3.66. The zero-order chi connectivity index (χ0) is 13.2. The van der Waals surface area contributed by atoms with Crippen molar-refractivity contribution in [2.45, 2.75) is 26.2 Å². The molecule has 0 N–H and O–H groups in total. The first-order chi connectivity index (χ1) is 8.50. The van der Waals surface area contributed by atoms with Crippen LogP contribution in [0.5, 0.6) is 0 Å². The van der Waals surface area contributed by atoms with Crippen LogP contribution in [0.25, 0.3) is 0 Å². The minimum Gasteiger partial charge on any atom is -0.378 e. The molecule has 0 saturated carbocycles. The maximum Gasteiger partial charge on any atom is 0.110 e. The molecule has 98 valence electrons. The molecule has 1 aliphatic heterocycles. The van der Waals surface area contributed by atoms with E-state index < -0.39 is 0 Å². The van der Waals surface area contributed by atoms with Crippen molar-refractivity contribution in [2.24, 2.45) is 5.18 Å². The molecule has 1 aromatic rings. The van der Waals surface area contributed by atoms with Gasteiger partial charge in [-0.2, -0.15) is 0 Å². The third-order valence-electron chi connectivity index (χ3n) is 3.25. The molecule has 18 heavy (non-hydrogen) atoms. The van der Waals surface area contributed by atoms with Crippen LogP contribution in [0.2, 0.25) is 0 Å². The van der Waals surface area contributed by atoms with Crippen LogP contribution in [0, 0.1) is 4.91 Å².